The minimum absolute atomic E-state index is 0.0543. The third-order valence-electron chi connectivity index (χ3n) is 6.57. The average Bonchev–Trinajstić information content (AvgIpc) is 2.84. The molecule has 1 unspecified atom stereocenters. The smallest absolute Gasteiger partial charge is 0.372 e. The van der Waals surface area contributed by atoms with Crippen LogP contribution in [0.4, 0.5) is 30.2 Å². The summed E-state index contributed by atoms with van der Waals surface area (Å²) in [7, 11) is 0. The number of rotatable bonds is 6. The van der Waals surface area contributed by atoms with Crippen LogP contribution in [0.25, 0.3) is 0 Å². The fraction of sp³-hybridized carbons (Fsp3) is 0.480. The van der Waals surface area contributed by atoms with Gasteiger partial charge in [-0.25, -0.2) is 0 Å². The van der Waals surface area contributed by atoms with Gasteiger partial charge in [-0.15, -0.1) is 0 Å². The maximum absolute atomic E-state index is 12.9. The van der Waals surface area contributed by atoms with Gasteiger partial charge in [-0.3, -0.25) is 4.79 Å². The second kappa shape index (κ2) is 10.5. The van der Waals surface area contributed by atoms with Gasteiger partial charge in [0, 0.05) is 43.2 Å². The van der Waals surface area contributed by atoms with Crippen molar-refractivity contribution in [2.45, 2.75) is 38.4 Å². The van der Waals surface area contributed by atoms with Crippen LogP contribution in [0, 0.1) is 11.8 Å². The number of carbonyl (C=O) groups excluding carboxylic acids is 1. The molecule has 2 aliphatic rings. The number of anilines is 3. The Morgan fingerprint density at radius 2 is 1.61 bits per heavy atom. The fourth-order valence-electron chi connectivity index (χ4n) is 4.50. The van der Waals surface area contributed by atoms with Gasteiger partial charge in [0.15, 0.2) is 0 Å². The van der Waals surface area contributed by atoms with Crippen LogP contribution >= 0.6 is 0 Å². The first kappa shape index (κ1) is 23.4. The zero-order chi connectivity index (χ0) is 23.3. The van der Waals surface area contributed by atoms with Gasteiger partial charge in [0.2, 0.25) is 5.91 Å². The summed E-state index contributed by atoms with van der Waals surface area (Å²) in [6.45, 7) is 3.09. The number of halogens is 3. The quantitative estimate of drug-likeness (QED) is 0.578. The Balaban J connectivity index is 1.25. The normalized spacial score (nSPS) is 19.8. The molecule has 2 aromatic carbocycles. The molecule has 33 heavy (non-hydrogen) atoms. The van der Waals surface area contributed by atoms with Crippen molar-refractivity contribution in [3.8, 4) is 0 Å². The molecule has 2 heterocycles. The Bertz CT molecular complexity index is 901. The largest absolute Gasteiger partial charge is 0.391 e. The molecule has 2 saturated heterocycles. The molecule has 0 spiro atoms. The molecule has 178 valence electrons. The molecule has 0 bridgehead atoms. The van der Waals surface area contributed by atoms with Crippen LogP contribution in [0.2, 0.25) is 0 Å². The fourth-order valence-corrected chi connectivity index (χ4v) is 4.50. The number of alkyl halides is 3. The number of hydrogen-bond acceptors (Lipinski definition) is 4. The Labute approximate surface area is 192 Å². The summed E-state index contributed by atoms with van der Waals surface area (Å²) in [5, 5.41) is 9.62. The predicted molar refractivity (Wildman–Crippen MR) is 125 cm³/mol. The molecule has 2 aliphatic heterocycles. The van der Waals surface area contributed by atoms with Gasteiger partial charge in [-0.1, -0.05) is 12.1 Å². The van der Waals surface area contributed by atoms with Gasteiger partial charge in [-0.2, -0.15) is 13.2 Å². The minimum Gasteiger partial charge on any atom is -0.372 e. The molecule has 1 atom stereocenters. The van der Waals surface area contributed by atoms with Crippen molar-refractivity contribution in [2.75, 3.05) is 36.4 Å². The average molecular weight is 461 g/mol. The van der Waals surface area contributed by atoms with Crippen LogP contribution in [0.5, 0.6) is 0 Å². The van der Waals surface area contributed by atoms with E-state index in [1.165, 1.54) is 0 Å². The maximum atomic E-state index is 12.9. The molecule has 0 aromatic heterocycles. The number of nitrogens with zero attached hydrogens (tertiary/aromatic N) is 1. The van der Waals surface area contributed by atoms with Crippen LogP contribution in [0.1, 0.15) is 31.2 Å². The minimum atomic E-state index is -4.09. The second-order valence-electron chi connectivity index (χ2n) is 8.93. The molecule has 5 nitrogen and oxygen atoms in total. The van der Waals surface area contributed by atoms with Gasteiger partial charge in [0.1, 0.15) is 0 Å². The van der Waals surface area contributed by atoms with Crippen molar-refractivity contribution in [3.05, 3.63) is 54.1 Å². The molecule has 0 saturated carbocycles. The van der Waals surface area contributed by atoms with E-state index >= 15 is 0 Å². The molecule has 2 aromatic rings. The lowest BCUT2D eigenvalue weighted by atomic mass is 9.96. The first-order valence-corrected chi connectivity index (χ1v) is 11.6. The highest BCUT2D eigenvalue weighted by Crippen LogP contribution is 2.35. The highest BCUT2D eigenvalue weighted by Gasteiger charge is 2.41. The number of amides is 1. The molecular formula is C25H31F3N4O. The van der Waals surface area contributed by atoms with Gasteiger partial charge in [-0.05, 0) is 74.2 Å². The standard InChI is InChI=1S/C25H31F3N4O/c26-25(27,28)20-11-14-32(15-12-20)23-9-7-22(8-10-23)31-21-5-3-18(4-6-21)16-30-24(33)19-2-1-13-29-17-19/h3-10,19-20,29,31H,1-2,11-17H2,(H,30,33). The zero-order valence-electron chi connectivity index (χ0n) is 18.6. The number of carbonyl (C=O) groups is 1. The first-order chi connectivity index (χ1) is 15.9. The summed E-state index contributed by atoms with van der Waals surface area (Å²) in [4.78, 5) is 14.3. The van der Waals surface area contributed by atoms with E-state index in [0.717, 1.165) is 48.6 Å². The van der Waals surface area contributed by atoms with E-state index in [9.17, 15) is 18.0 Å². The van der Waals surface area contributed by atoms with E-state index in [2.05, 4.69) is 16.0 Å². The summed E-state index contributed by atoms with van der Waals surface area (Å²) in [6, 6.07) is 15.7. The van der Waals surface area contributed by atoms with Crippen molar-refractivity contribution in [1.29, 1.82) is 0 Å². The van der Waals surface area contributed by atoms with Crippen molar-refractivity contribution in [1.82, 2.24) is 10.6 Å². The third-order valence-corrected chi connectivity index (χ3v) is 6.57. The Hall–Kier alpha value is -2.74. The van der Waals surface area contributed by atoms with Crippen molar-refractivity contribution < 1.29 is 18.0 Å². The molecule has 8 heteroatoms. The van der Waals surface area contributed by atoms with Crippen molar-refractivity contribution >= 4 is 23.0 Å². The van der Waals surface area contributed by atoms with Crippen LogP contribution in [0.15, 0.2) is 48.5 Å². The predicted octanol–water partition coefficient (Wildman–Crippen LogP) is 4.82. The first-order valence-electron chi connectivity index (χ1n) is 11.6. The van der Waals surface area contributed by atoms with E-state index in [1.807, 2.05) is 53.4 Å². The number of piperidine rings is 2. The highest BCUT2D eigenvalue weighted by molar-refractivity contribution is 5.79. The van der Waals surface area contributed by atoms with E-state index in [-0.39, 0.29) is 24.7 Å². The number of benzene rings is 2. The monoisotopic (exact) mass is 460 g/mol. The number of nitrogens with one attached hydrogen (secondary N) is 3. The van der Waals surface area contributed by atoms with E-state index < -0.39 is 12.1 Å². The topological polar surface area (TPSA) is 56.4 Å². The molecule has 3 N–H and O–H groups in total. The zero-order valence-corrected chi connectivity index (χ0v) is 18.6. The summed E-state index contributed by atoms with van der Waals surface area (Å²) in [6.07, 6.45) is -1.82. The van der Waals surface area contributed by atoms with Gasteiger partial charge >= 0.3 is 6.18 Å². The third kappa shape index (κ3) is 6.41. The SMILES string of the molecule is O=C(NCc1ccc(Nc2ccc(N3CCC(C(F)(F)F)CC3)cc2)cc1)C1CCCNC1. The summed E-state index contributed by atoms with van der Waals surface area (Å²) in [5.74, 6) is -1.03. The molecule has 2 fully saturated rings. The Morgan fingerprint density at radius 1 is 0.970 bits per heavy atom. The highest BCUT2D eigenvalue weighted by atomic mass is 19.4. The molecule has 4 rings (SSSR count). The van der Waals surface area contributed by atoms with Gasteiger partial charge in [0.05, 0.1) is 11.8 Å². The Kier molecular flexibility index (Phi) is 7.42. The lowest BCUT2D eigenvalue weighted by Gasteiger charge is -2.34. The number of hydrogen-bond donors (Lipinski definition) is 3. The molecule has 0 aliphatic carbocycles. The van der Waals surface area contributed by atoms with Gasteiger partial charge < -0.3 is 20.9 Å². The van der Waals surface area contributed by atoms with Crippen LogP contribution in [-0.4, -0.2) is 38.3 Å². The van der Waals surface area contributed by atoms with Crippen LogP contribution < -0.4 is 20.9 Å². The molecule has 1 amide bonds. The second-order valence-corrected chi connectivity index (χ2v) is 8.93. The summed E-state index contributed by atoms with van der Waals surface area (Å²) in [5.41, 5.74) is 3.82. The summed E-state index contributed by atoms with van der Waals surface area (Å²) >= 11 is 0. The lowest BCUT2D eigenvalue weighted by Crippen LogP contribution is -2.40. The van der Waals surface area contributed by atoms with Crippen molar-refractivity contribution in [2.24, 2.45) is 11.8 Å². The molecular weight excluding hydrogens is 429 g/mol. The van der Waals surface area contributed by atoms with E-state index in [1.54, 1.807) is 0 Å². The van der Waals surface area contributed by atoms with E-state index in [0.29, 0.717) is 19.6 Å². The Morgan fingerprint density at radius 3 is 2.18 bits per heavy atom. The molecule has 0 radical (unpaired) electrons. The van der Waals surface area contributed by atoms with Crippen molar-refractivity contribution in [3.63, 3.8) is 0 Å². The van der Waals surface area contributed by atoms with Crippen LogP contribution in [-0.2, 0) is 11.3 Å². The van der Waals surface area contributed by atoms with Gasteiger partial charge in [0.25, 0.3) is 0 Å². The van der Waals surface area contributed by atoms with Crippen LogP contribution in [0.3, 0.4) is 0 Å². The van der Waals surface area contributed by atoms with E-state index in [4.69, 9.17) is 0 Å². The summed E-state index contributed by atoms with van der Waals surface area (Å²) < 4.78 is 38.6. The lowest BCUT2D eigenvalue weighted by molar-refractivity contribution is -0.179. The maximum Gasteiger partial charge on any atom is 0.391 e.